The van der Waals surface area contributed by atoms with E-state index < -0.39 is 0 Å². The molecule has 2 rings (SSSR count). The number of nitrogens with two attached hydrogens (primary N) is 1. The fourth-order valence-corrected chi connectivity index (χ4v) is 3.17. The molecule has 1 aliphatic heterocycles. The summed E-state index contributed by atoms with van der Waals surface area (Å²) in [6.45, 7) is 4.61. The van der Waals surface area contributed by atoms with Gasteiger partial charge in [0.1, 0.15) is 0 Å². The maximum Gasteiger partial charge on any atom is 0.236 e. The summed E-state index contributed by atoms with van der Waals surface area (Å²) in [6.07, 6.45) is 0. The van der Waals surface area contributed by atoms with Gasteiger partial charge in [-0.1, -0.05) is 19.1 Å². The lowest BCUT2D eigenvalue weighted by atomic mass is 10.1. The zero-order chi connectivity index (χ0) is 11.7. The van der Waals surface area contributed by atoms with E-state index in [-0.39, 0.29) is 5.91 Å². The molecule has 1 heterocycles. The van der Waals surface area contributed by atoms with Gasteiger partial charge in [0.15, 0.2) is 0 Å². The fraction of sp³-hybridized carbons (Fsp3) is 0.417. The number of amides is 1. The Bertz CT molecular complexity index is 408. The first-order chi connectivity index (χ1) is 7.59. The van der Waals surface area contributed by atoms with Gasteiger partial charge in [-0.05, 0) is 19.1 Å². The monoisotopic (exact) mass is 236 g/mol. The lowest BCUT2D eigenvalue weighted by Gasteiger charge is -2.39. The number of hydrogen-bond donors (Lipinski definition) is 1. The Morgan fingerprint density at radius 2 is 2.12 bits per heavy atom. The highest BCUT2D eigenvalue weighted by Gasteiger charge is 2.29. The molecule has 0 saturated heterocycles. The first-order valence-electron chi connectivity index (χ1n) is 5.40. The van der Waals surface area contributed by atoms with Crippen LogP contribution < -0.4 is 10.6 Å². The Labute approximate surface area is 100.0 Å². The standard InChI is InChI=1S/C12H16N2OS/c1-8-9(2)16-11-6-4-3-5-10(11)14(8)7-12(13)15/h3-6,8-9H,7H2,1-2H3,(H2,13,15). The SMILES string of the molecule is CC1Sc2ccccc2N(CC(N)=O)C1C. The van der Waals surface area contributed by atoms with Crippen molar-refractivity contribution in [2.75, 3.05) is 11.4 Å². The molecule has 16 heavy (non-hydrogen) atoms. The number of anilines is 1. The van der Waals surface area contributed by atoms with Gasteiger partial charge in [0.05, 0.1) is 12.2 Å². The quantitative estimate of drug-likeness (QED) is 0.852. The van der Waals surface area contributed by atoms with E-state index in [2.05, 4.69) is 24.8 Å². The smallest absolute Gasteiger partial charge is 0.236 e. The Morgan fingerprint density at radius 3 is 2.81 bits per heavy atom. The highest BCUT2D eigenvalue weighted by molar-refractivity contribution is 8.00. The number of fused-ring (bicyclic) bond motifs is 1. The molecule has 2 unspecified atom stereocenters. The van der Waals surface area contributed by atoms with Crippen LogP contribution in [0, 0.1) is 0 Å². The van der Waals surface area contributed by atoms with Gasteiger partial charge in [0.2, 0.25) is 5.91 Å². The third-order valence-electron chi connectivity index (χ3n) is 2.98. The van der Waals surface area contributed by atoms with Crippen molar-refractivity contribution in [3.8, 4) is 0 Å². The van der Waals surface area contributed by atoms with E-state index in [0.29, 0.717) is 17.8 Å². The van der Waals surface area contributed by atoms with Crippen molar-refractivity contribution in [1.82, 2.24) is 0 Å². The van der Waals surface area contributed by atoms with Crippen molar-refractivity contribution in [2.24, 2.45) is 5.73 Å². The molecule has 2 N–H and O–H groups in total. The minimum Gasteiger partial charge on any atom is -0.368 e. The van der Waals surface area contributed by atoms with Crippen molar-refractivity contribution in [3.63, 3.8) is 0 Å². The largest absolute Gasteiger partial charge is 0.368 e. The molecule has 1 amide bonds. The molecule has 86 valence electrons. The van der Waals surface area contributed by atoms with E-state index in [9.17, 15) is 4.79 Å². The lowest BCUT2D eigenvalue weighted by Crippen LogP contribution is -2.46. The number of benzene rings is 1. The molecule has 0 spiro atoms. The molecule has 1 aromatic rings. The molecule has 0 saturated carbocycles. The topological polar surface area (TPSA) is 46.3 Å². The van der Waals surface area contributed by atoms with E-state index in [0.717, 1.165) is 5.69 Å². The average Bonchev–Trinajstić information content (AvgIpc) is 2.24. The van der Waals surface area contributed by atoms with Crippen LogP contribution in [0.2, 0.25) is 0 Å². The Kier molecular flexibility index (Phi) is 3.10. The van der Waals surface area contributed by atoms with Crippen LogP contribution >= 0.6 is 11.8 Å². The van der Waals surface area contributed by atoms with E-state index in [1.54, 1.807) is 0 Å². The maximum absolute atomic E-state index is 11.1. The normalized spacial score (nSPS) is 24.0. The number of nitrogens with zero attached hydrogens (tertiary/aromatic N) is 1. The first kappa shape index (κ1) is 11.3. The Morgan fingerprint density at radius 1 is 1.44 bits per heavy atom. The lowest BCUT2D eigenvalue weighted by molar-refractivity contribution is -0.116. The molecule has 1 aliphatic rings. The Balaban J connectivity index is 2.37. The molecule has 3 nitrogen and oxygen atoms in total. The first-order valence-corrected chi connectivity index (χ1v) is 6.28. The predicted octanol–water partition coefficient (Wildman–Crippen LogP) is 1.86. The summed E-state index contributed by atoms with van der Waals surface area (Å²) in [7, 11) is 0. The second kappa shape index (κ2) is 4.37. The summed E-state index contributed by atoms with van der Waals surface area (Å²) in [6, 6.07) is 8.49. The number of carbonyl (C=O) groups excluding carboxylic acids is 1. The van der Waals surface area contributed by atoms with Crippen LogP contribution in [-0.2, 0) is 4.79 Å². The van der Waals surface area contributed by atoms with Crippen LogP contribution in [0.5, 0.6) is 0 Å². The van der Waals surface area contributed by atoms with Gasteiger partial charge in [0.25, 0.3) is 0 Å². The van der Waals surface area contributed by atoms with Gasteiger partial charge in [0, 0.05) is 16.2 Å². The third kappa shape index (κ3) is 2.02. The van der Waals surface area contributed by atoms with E-state index in [1.165, 1.54) is 4.90 Å². The summed E-state index contributed by atoms with van der Waals surface area (Å²) in [5.74, 6) is -0.277. The van der Waals surface area contributed by atoms with Crippen molar-refractivity contribution in [3.05, 3.63) is 24.3 Å². The van der Waals surface area contributed by atoms with Crippen LogP contribution in [0.3, 0.4) is 0 Å². The van der Waals surface area contributed by atoms with Crippen molar-refractivity contribution < 1.29 is 4.79 Å². The molecule has 0 radical (unpaired) electrons. The number of primary amides is 1. The number of hydrogen-bond acceptors (Lipinski definition) is 3. The summed E-state index contributed by atoms with van der Waals surface area (Å²) < 4.78 is 0. The molecule has 0 aromatic heterocycles. The zero-order valence-corrected chi connectivity index (χ0v) is 10.3. The zero-order valence-electron chi connectivity index (χ0n) is 9.51. The summed E-state index contributed by atoms with van der Waals surface area (Å²) in [4.78, 5) is 14.4. The number of carbonyl (C=O) groups is 1. The fourth-order valence-electron chi connectivity index (χ4n) is 1.96. The van der Waals surface area contributed by atoms with Gasteiger partial charge in [-0.25, -0.2) is 0 Å². The third-order valence-corrected chi connectivity index (χ3v) is 4.35. The van der Waals surface area contributed by atoms with E-state index >= 15 is 0 Å². The van der Waals surface area contributed by atoms with Gasteiger partial charge in [-0.15, -0.1) is 11.8 Å². The van der Waals surface area contributed by atoms with Crippen molar-refractivity contribution in [2.45, 2.75) is 30.0 Å². The molecular weight excluding hydrogens is 220 g/mol. The highest BCUT2D eigenvalue weighted by Crippen LogP contribution is 2.40. The highest BCUT2D eigenvalue weighted by atomic mass is 32.2. The van der Waals surface area contributed by atoms with Crippen LogP contribution in [0.1, 0.15) is 13.8 Å². The second-order valence-corrected chi connectivity index (χ2v) is 5.54. The molecule has 0 fully saturated rings. The average molecular weight is 236 g/mol. The van der Waals surface area contributed by atoms with Crippen molar-refractivity contribution >= 4 is 23.4 Å². The van der Waals surface area contributed by atoms with Gasteiger partial charge in [-0.3, -0.25) is 4.79 Å². The molecule has 4 heteroatoms. The molecule has 0 bridgehead atoms. The molecular formula is C12H16N2OS. The summed E-state index contributed by atoms with van der Waals surface area (Å²) in [5, 5.41) is 0.467. The maximum atomic E-state index is 11.1. The van der Waals surface area contributed by atoms with Crippen LogP contribution in [-0.4, -0.2) is 23.7 Å². The Hall–Kier alpha value is -1.16. The predicted molar refractivity (Wildman–Crippen MR) is 67.8 cm³/mol. The van der Waals surface area contributed by atoms with E-state index in [4.69, 9.17) is 5.73 Å². The summed E-state index contributed by atoms with van der Waals surface area (Å²) >= 11 is 1.86. The minimum atomic E-state index is -0.277. The van der Waals surface area contributed by atoms with Crippen molar-refractivity contribution in [1.29, 1.82) is 0 Å². The molecule has 2 atom stereocenters. The second-order valence-electron chi connectivity index (χ2n) is 4.13. The molecule has 0 aliphatic carbocycles. The number of para-hydroxylation sites is 1. The van der Waals surface area contributed by atoms with Gasteiger partial charge in [-0.2, -0.15) is 0 Å². The van der Waals surface area contributed by atoms with Crippen LogP contribution in [0.15, 0.2) is 29.2 Å². The van der Waals surface area contributed by atoms with Crippen LogP contribution in [0.25, 0.3) is 0 Å². The van der Waals surface area contributed by atoms with E-state index in [1.807, 2.05) is 30.0 Å². The minimum absolute atomic E-state index is 0.277. The molecule has 1 aromatic carbocycles. The van der Waals surface area contributed by atoms with Gasteiger partial charge >= 0.3 is 0 Å². The van der Waals surface area contributed by atoms with Gasteiger partial charge < -0.3 is 10.6 Å². The summed E-state index contributed by atoms with van der Waals surface area (Å²) in [5.41, 5.74) is 6.42. The number of rotatable bonds is 2. The van der Waals surface area contributed by atoms with Crippen LogP contribution in [0.4, 0.5) is 5.69 Å². The number of thioether (sulfide) groups is 1.